The lowest BCUT2D eigenvalue weighted by Crippen LogP contribution is -2.21. The highest BCUT2D eigenvalue weighted by molar-refractivity contribution is 6.02. The Labute approximate surface area is 151 Å². The number of hydrogen-bond acceptors (Lipinski definition) is 2. The molecule has 4 aromatic rings. The Hall–Kier alpha value is -3.40. The van der Waals surface area contributed by atoms with Gasteiger partial charge < -0.3 is 4.98 Å². The van der Waals surface area contributed by atoms with E-state index in [1.54, 1.807) is 0 Å². The van der Waals surface area contributed by atoms with E-state index >= 15 is 0 Å². The van der Waals surface area contributed by atoms with Gasteiger partial charge in [0.1, 0.15) is 0 Å². The van der Waals surface area contributed by atoms with Crippen LogP contribution in [0.2, 0.25) is 0 Å². The summed E-state index contributed by atoms with van der Waals surface area (Å²) in [6, 6.07) is 22.3. The molecule has 0 atom stereocenters. The number of fused-ring (bicyclic) bond motifs is 2. The van der Waals surface area contributed by atoms with Crippen LogP contribution in [-0.2, 0) is 11.2 Å². The maximum atomic E-state index is 12.3. The van der Waals surface area contributed by atoms with Crippen LogP contribution in [-0.4, -0.2) is 16.6 Å². The summed E-state index contributed by atoms with van der Waals surface area (Å²) in [6.07, 6.45) is 2.17. The van der Waals surface area contributed by atoms with Crippen molar-refractivity contribution in [2.24, 2.45) is 5.10 Å². The SMILES string of the molecule is C/C(=N/NC(=O)Cc1c[nH]c2ccccc12)c1ccc2ccccc2c1. The number of amides is 1. The number of hydrogen-bond donors (Lipinski definition) is 2. The standard InChI is InChI=1S/C22H19N3O/c1-15(17-11-10-16-6-2-3-7-18(16)12-17)24-25-22(26)13-19-14-23-21-9-5-4-8-20(19)21/h2-12,14,23H,13H2,1H3,(H,25,26)/b24-15-. The Morgan fingerprint density at radius 1 is 1.00 bits per heavy atom. The average molecular weight is 341 g/mol. The molecule has 2 N–H and O–H groups in total. The minimum absolute atomic E-state index is 0.130. The van der Waals surface area contributed by atoms with Gasteiger partial charge >= 0.3 is 0 Å². The number of H-pyrrole nitrogens is 1. The van der Waals surface area contributed by atoms with E-state index in [9.17, 15) is 4.79 Å². The summed E-state index contributed by atoms with van der Waals surface area (Å²) in [5.74, 6) is -0.130. The molecule has 0 aliphatic rings. The van der Waals surface area contributed by atoms with Crippen LogP contribution in [0.15, 0.2) is 78.0 Å². The van der Waals surface area contributed by atoms with Crippen molar-refractivity contribution in [2.45, 2.75) is 13.3 Å². The van der Waals surface area contributed by atoms with Crippen molar-refractivity contribution in [3.05, 3.63) is 84.1 Å². The van der Waals surface area contributed by atoms with Crippen molar-refractivity contribution in [1.29, 1.82) is 0 Å². The molecular formula is C22H19N3O. The highest BCUT2D eigenvalue weighted by Gasteiger charge is 2.08. The van der Waals surface area contributed by atoms with Crippen LogP contribution in [0.5, 0.6) is 0 Å². The first-order chi connectivity index (χ1) is 12.7. The van der Waals surface area contributed by atoms with Gasteiger partial charge in [0.05, 0.1) is 12.1 Å². The zero-order valence-electron chi connectivity index (χ0n) is 14.5. The molecule has 4 heteroatoms. The number of aromatic nitrogens is 1. The predicted molar refractivity (Wildman–Crippen MR) is 106 cm³/mol. The third-order valence-corrected chi connectivity index (χ3v) is 4.54. The summed E-state index contributed by atoms with van der Waals surface area (Å²) < 4.78 is 0. The van der Waals surface area contributed by atoms with E-state index in [1.165, 1.54) is 5.39 Å². The number of nitrogens with one attached hydrogen (secondary N) is 2. The van der Waals surface area contributed by atoms with Crippen molar-refractivity contribution in [1.82, 2.24) is 10.4 Å². The summed E-state index contributed by atoms with van der Waals surface area (Å²) >= 11 is 0. The number of para-hydroxylation sites is 1. The van der Waals surface area contributed by atoms with Gasteiger partial charge in [-0.25, -0.2) is 5.43 Å². The fourth-order valence-electron chi connectivity index (χ4n) is 3.12. The van der Waals surface area contributed by atoms with Crippen LogP contribution >= 0.6 is 0 Å². The third kappa shape index (κ3) is 3.22. The van der Waals surface area contributed by atoms with Crippen molar-refractivity contribution in [2.75, 3.05) is 0 Å². The van der Waals surface area contributed by atoms with E-state index in [2.05, 4.69) is 39.8 Å². The first-order valence-electron chi connectivity index (χ1n) is 8.58. The second kappa shape index (κ2) is 6.84. The molecule has 0 saturated heterocycles. The van der Waals surface area contributed by atoms with E-state index in [4.69, 9.17) is 0 Å². The average Bonchev–Trinajstić information content (AvgIpc) is 3.08. The van der Waals surface area contributed by atoms with Crippen LogP contribution in [0.25, 0.3) is 21.7 Å². The molecule has 0 aliphatic heterocycles. The van der Waals surface area contributed by atoms with Crippen LogP contribution in [0.1, 0.15) is 18.1 Å². The molecule has 0 aliphatic carbocycles. The van der Waals surface area contributed by atoms with E-state index in [0.29, 0.717) is 6.42 Å². The van der Waals surface area contributed by atoms with Gasteiger partial charge in [-0.1, -0.05) is 54.6 Å². The van der Waals surface area contributed by atoms with Crippen molar-refractivity contribution in [3.8, 4) is 0 Å². The van der Waals surface area contributed by atoms with Crippen molar-refractivity contribution < 1.29 is 4.79 Å². The van der Waals surface area contributed by atoms with Crippen molar-refractivity contribution >= 4 is 33.3 Å². The minimum Gasteiger partial charge on any atom is -0.361 e. The van der Waals surface area contributed by atoms with Gasteiger partial charge in [0, 0.05) is 17.1 Å². The maximum absolute atomic E-state index is 12.3. The molecular weight excluding hydrogens is 322 g/mol. The number of rotatable bonds is 4. The zero-order chi connectivity index (χ0) is 17.9. The van der Waals surface area contributed by atoms with E-state index in [0.717, 1.165) is 33.1 Å². The molecule has 1 amide bonds. The molecule has 0 bridgehead atoms. The van der Waals surface area contributed by atoms with Gasteiger partial charge in [0.15, 0.2) is 0 Å². The molecule has 1 aromatic heterocycles. The quantitative estimate of drug-likeness (QED) is 0.419. The highest BCUT2D eigenvalue weighted by Crippen LogP contribution is 2.18. The Morgan fingerprint density at radius 2 is 1.77 bits per heavy atom. The topological polar surface area (TPSA) is 57.2 Å². The van der Waals surface area contributed by atoms with Crippen molar-refractivity contribution in [3.63, 3.8) is 0 Å². The second-order valence-corrected chi connectivity index (χ2v) is 6.33. The maximum Gasteiger partial charge on any atom is 0.244 e. The molecule has 0 saturated carbocycles. The fourth-order valence-corrected chi connectivity index (χ4v) is 3.12. The Kier molecular flexibility index (Phi) is 4.23. The zero-order valence-corrected chi connectivity index (χ0v) is 14.5. The second-order valence-electron chi connectivity index (χ2n) is 6.33. The molecule has 0 radical (unpaired) electrons. The minimum atomic E-state index is -0.130. The highest BCUT2D eigenvalue weighted by atomic mass is 16.2. The third-order valence-electron chi connectivity index (χ3n) is 4.54. The van der Waals surface area contributed by atoms with Gasteiger partial charge in [-0.05, 0) is 41.0 Å². The number of benzene rings is 3. The van der Waals surface area contributed by atoms with E-state index in [-0.39, 0.29) is 5.91 Å². The van der Waals surface area contributed by atoms with Gasteiger partial charge in [-0.2, -0.15) is 5.10 Å². The number of hydrazone groups is 1. The van der Waals surface area contributed by atoms with Gasteiger partial charge in [0.25, 0.3) is 0 Å². The molecule has 3 aromatic carbocycles. The van der Waals surface area contributed by atoms with Crippen LogP contribution in [0.3, 0.4) is 0 Å². The first kappa shape index (κ1) is 16.1. The van der Waals surface area contributed by atoms with Crippen LogP contribution < -0.4 is 5.43 Å². The monoisotopic (exact) mass is 341 g/mol. The Bertz CT molecular complexity index is 1120. The Morgan fingerprint density at radius 3 is 2.65 bits per heavy atom. The smallest absolute Gasteiger partial charge is 0.244 e. The molecule has 0 fully saturated rings. The van der Waals surface area contributed by atoms with Crippen LogP contribution in [0, 0.1) is 0 Å². The summed E-state index contributed by atoms with van der Waals surface area (Å²) in [5.41, 5.74) is 6.45. The van der Waals surface area contributed by atoms with Gasteiger partial charge in [0.2, 0.25) is 5.91 Å². The molecule has 4 nitrogen and oxygen atoms in total. The van der Waals surface area contributed by atoms with Gasteiger partial charge in [-0.3, -0.25) is 4.79 Å². The number of carbonyl (C=O) groups is 1. The number of carbonyl (C=O) groups excluding carboxylic acids is 1. The van der Waals surface area contributed by atoms with Gasteiger partial charge in [-0.15, -0.1) is 0 Å². The molecule has 1 heterocycles. The fraction of sp³-hybridized carbons (Fsp3) is 0.0909. The largest absolute Gasteiger partial charge is 0.361 e. The molecule has 4 rings (SSSR count). The molecule has 0 spiro atoms. The number of nitrogens with zero attached hydrogens (tertiary/aromatic N) is 1. The summed E-state index contributed by atoms with van der Waals surface area (Å²) in [7, 11) is 0. The first-order valence-corrected chi connectivity index (χ1v) is 8.58. The lowest BCUT2D eigenvalue weighted by atomic mass is 10.0. The molecule has 128 valence electrons. The summed E-state index contributed by atoms with van der Waals surface area (Å²) in [6.45, 7) is 1.90. The normalized spacial score (nSPS) is 11.8. The number of aromatic amines is 1. The predicted octanol–water partition coefficient (Wildman–Crippen LogP) is 4.40. The lowest BCUT2D eigenvalue weighted by molar-refractivity contribution is -0.120. The molecule has 26 heavy (non-hydrogen) atoms. The van der Waals surface area contributed by atoms with Crippen LogP contribution in [0.4, 0.5) is 0 Å². The summed E-state index contributed by atoms with van der Waals surface area (Å²) in [5, 5.41) is 7.68. The van der Waals surface area contributed by atoms with E-state index in [1.807, 2.05) is 55.6 Å². The summed E-state index contributed by atoms with van der Waals surface area (Å²) in [4.78, 5) is 15.5. The lowest BCUT2D eigenvalue weighted by Gasteiger charge is -2.05. The molecule has 0 unspecified atom stereocenters. The Balaban J connectivity index is 1.48. The van der Waals surface area contributed by atoms with E-state index < -0.39 is 0 Å².